The largest absolute Gasteiger partial charge is 0.508 e. The molecule has 4 nitrogen and oxygen atoms in total. The summed E-state index contributed by atoms with van der Waals surface area (Å²) in [6.45, 7) is 2.53. The van der Waals surface area contributed by atoms with E-state index in [4.69, 9.17) is 11.6 Å². The molecule has 0 saturated heterocycles. The number of carbonyl (C=O) groups is 1. The van der Waals surface area contributed by atoms with Gasteiger partial charge in [0.05, 0.1) is 10.6 Å². The highest BCUT2D eigenvalue weighted by Crippen LogP contribution is 2.20. The topological polar surface area (TPSA) is 52.6 Å². The molecule has 5 heteroatoms. The van der Waals surface area contributed by atoms with Crippen LogP contribution >= 0.6 is 11.6 Å². The van der Waals surface area contributed by atoms with Gasteiger partial charge < -0.3 is 15.3 Å². The van der Waals surface area contributed by atoms with E-state index in [1.165, 1.54) is 18.2 Å². The summed E-state index contributed by atoms with van der Waals surface area (Å²) >= 11 is 5.89. The molecule has 0 aromatic heterocycles. The minimum atomic E-state index is -0.278. The standard InChI is InChI=1S/C12H17ClN2O2/c1-8(15(2)3)7-14-12(17)10-6-9(16)4-5-11(10)13/h4-6,8,16H,7H2,1-3H3,(H,14,17). The molecule has 1 aromatic rings. The van der Waals surface area contributed by atoms with Crippen molar-refractivity contribution in [3.63, 3.8) is 0 Å². The van der Waals surface area contributed by atoms with Crippen LogP contribution in [0.25, 0.3) is 0 Å². The minimum absolute atomic E-state index is 0.0280. The third-order valence-corrected chi connectivity index (χ3v) is 2.96. The fourth-order valence-corrected chi connectivity index (χ4v) is 1.41. The van der Waals surface area contributed by atoms with Crippen molar-refractivity contribution in [2.45, 2.75) is 13.0 Å². The van der Waals surface area contributed by atoms with Crippen molar-refractivity contribution in [1.29, 1.82) is 0 Å². The van der Waals surface area contributed by atoms with Crippen molar-refractivity contribution < 1.29 is 9.90 Å². The van der Waals surface area contributed by atoms with Crippen LogP contribution in [-0.2, 0) is 0 Å². The molecule has 0 radical (unpaired) electrons. The maximum absolute atomic E-state index is 11.8. The van der Waals surface area contributed by atoms with Crippen molar-refractivity contribution in [2.75, 3.05) is 20.6 Å². The normalized spacial score (nSPS) is 12.5. The van der Waals surface area contributed by atoms with Crippen LogP contribution in [-0.4, -0.2) is 42.6 Å². The zero-order chi connectivity index (χ0) is 13.0. The van der Waals surface area contributed by atoms with Crippen LogP contribution in [0.15, 0.2) is 18.2 Å². The number of carbonyl (C=O) groups excluding carboxylic acids is 1. The number of amides is 1. The van der Waals surface area contributed by atoms with E-state index in [0.717, 1.165) is 0 Å². The summed E-state index contributed by atoms with van der Waals surface area (Å²) in [4.78, 5) is 13.8. The molecule has 0 saturated carbocycles. The second-order valence-electron chi connectivity index (χ2n) is 4.19. The number of rotatable bonds is 4. The average Bonchev–Trinajstić information content (AvgIpc) is 2.28. The number of halogens is 1. The van der Waals surface area contributed by atoms with E-state index in [1.807, 2.05) is 25.9 Å². The second-order valence-corrected chi connectivity index (χ2v) is 4.59. The number of likely N-dealkylation sites (N-methyl/N-ethyl adjacent to an activating group) is 1. The lowest BCUT2D eigenvalue weighted by Crippen LogP contribution is -2.38. The highest BCUT2D eigenvalue weighted by molar-refractivity contribution is 6.33. The first-order chi connectivity index (χ1) is 7.91. The van der Waals surface area contributed by atoms with Gasteiger partial charge in [0.1, 0.15) is 5.75 Å². The molecule has 0 fully saturated rings. The first-order valence-electron chi connectivity index (χ1n) is 5.35. The second kappa shape index (κ2) is 5.89. The van der Waals surface area contributed by atoms with Crippen LogP contribution in [0.2, 0.25) is 5.02 Å². The van der Waals surface area contributed by atoms with Crippen LogP contribution in [0.1, 0.15) is 17.3 Å². The highest BCUT2D eigenvalue weighted by atomic mass is 35.5. The Kier molecular flexibility index (Phi) is 4.78. The molecule has 1 unspecified atom stereocenters. The third kappa shape index (κ3) is 3.91. The number of phenols is 1. The molecular weight excluding hydrogens is 240 g/mol. The van der Waals surface area contributed by atoms with Gasteiger partial charge in [-0.15, -0.1) is 0 Å². The van der Waals surface area contributed by atoms with Crippen LogP contribution in [0.5, 0.6) is 5.75 Å². The third-order valence-electron chi connectivity index (χ3n) is 2.63. The van der Waals surface area contributed by atoms with Gasteiger partial charge in [-0.3, -0.25) is 4.79 Å². The lowest BCUT2D eigenvalue weighted by atomic mass is 10.2. The molecule has 1 atom stereocenters. The van der Waals surface area contributed by atoms with Crippen molar-refractivity contribution in [3.05, 3.63) is 28.8 Å². The Bertz CT molecular complexity index is 407. The monoisotopic (exact) mass is 256 g/mol. The molecule has 2 N–H and O–H groups in total. The smallest absolute Gasteiger partial charge is 0.252 e. The summed E-state index contributed by atoms with van der Waals surface area (Å²) in [6.07, 6.45) is 0. The van der Waals surface area contributed by atoms with Gasteiger partial charge in [0.15, 0.2) is 0 Å². The molecular formula is C12H17ClN2O2. The molecule has 0 aliphatic rings. The van der Waals surface area contributed by atoms with Crippen LogP contribution in [0.4, 0.5) is 0 Å². The summed E-state index contributed by atoms with van der Waals surface area (Å²) < 4.78 is 0. The Morgan fingerprint density at radius 1 is 1.53 bits per heavy atom. The lowest BCUT2D eigenvalue weighted by molar-refractivity contribution is 0.0943. The molecule has 1 rings (SSSR count). The van der Waals surface area contributed by atoms with Gasteiger partial charge in [-0.25, -0.2) is 0 Å². The van der Waals surface area contributed by atoms with E-state index in [9.17, 15) is 9.90 Å². The quantitative estimate of drug-likeness (QED) is 0.863. The molecule has 0 bridgehead atoms. The number of benzene rings is 1. The Hall–Kier alpha value is -1.26. The summed E-state index contributed by atoms with van der Waals surface area (Å²) in [7, 11) is 3.89. The van der Waals surface area contributed by atoms with Gasteiger partial charge >= 0.3 is 0 Å². The Morgan fingerprint density at radius 2 is 2.18 bits per heavy atom. The Morgan fingerprint density at radius 3 is 2.76 bits per heavy atom. The number of phenolic OH excluding ortho intramolecular Hbond substituents is 1. The summed E-state index contributed by atoms with van der Waals surface area (Å²) in [5.74, 6) is -0.250. The number of hydrogen-bond acceptors (Lipinski definition) is 3. The van der Waals surface area contributed by atoms with E-state index in [1.54, 1.807) is 0 Å². The van der Waals surface area contributed by atoms with Crippen molar-refractivity contribution in [3.8, 4) is 5.75 Å². The van der Waals surface area contributed by atoms with E-state index in [-0.39, 0.29) is 23.3 Å². The average molecular weight is 257 g/mol. The van der Waals surface area contributed by atoms with E-state index in [0.29, 0.717) is 11.6 Å². The van der Waals surface area contributed by atoms with Crippen LogP contribution < -0.4 is 5.32 Å². The SMILES string of the molecule is CC(CNC(=O)c1cc(O)ccc1Cl)N(C)C. The number of nitrogens with zero attached hydrogens (tertiary/aromatic N) is 1. The van der Waals surface area contributed by atoms with Gasteiger partial charge in [0.25, 0.3) is 5.91 Å². The van der Waals surface area contributed by atoms with Crippen LogP contribution in [0.3, 0.4) is 0 Å². The maximum Gasteiger partial charge on any atom is 0.252 e. The minimum Gasteiger partial charge on any atom is -0.508 e. The van der Waals surface area contributed by atoms with E-state index < -0.39 is 0 Å². The zero-order valence-electron chi connectivity index (χ0n) is 10.2. The van der Waals surface area contributed by atoms with Gasteiger partial charge in [0.2, 0.25) is 0 Å². The van der Waals surface area contributed by atoms with Crippen molar-refractivity contribution >= 4 is 17.5 Å². The molecule has 0 aliphatic carbocycles. The molecule has 0 spiro atoms. The maximum atomic E-state index is 11.8. The fraction of sp³-hybridized carbons (Fsp3) is 0.417. The number of nitrogens with one attached hydrogen (secondary N) is 1. The first kappa shape index (κ1) is 13.8. The van der Waals surface area contributed by atoms with Crippen LogP contribution in [0, 0.1) is 0 Å². The van der Waals surface area contributed by atoms with Crippen molar-refractivity contribution in [2.24, 2.45) is 0 Å². The molecule has 1 aromatic carbocycles. The molecule has 17 heavy (non-hydrogen) atoms. The van der Waals surface area contributed by atoms with Gasteiger partial charge in [-0.2, -0.15) is 0 Å². The zero-order valence-corrected chi connectivity index (χ0v) is 11.0. The van der Waals surface area contributed by atoms with Crippen molar-refractivity contribution in [1.82, 2.24) is 10.2 Å². The predicted octanol–water partition coefficient (Wildman–Crippen LogP) is 1.73. The molecule has 0 heterocycles. The molecule has 1 amide bonds. The highest BCUT2D eigenvalue weighted by Gasteiger charge is 2.12. The fourth-order valence-electron chi connectivity index (χ4n) is 1.21. The van der Waals surface area contributed by atoms with Gasteiger partial charge in [0, 0.05) is 12.6 Å². The Labute approximate surface area is 106 Å². The molecule has 94 valence electrons. The van der Waals surface area contributed by atoms with Gasteiger partial charge in [-0.05, 0) is 39.2 Å². The predicted molar refractivity (Wildman–Crippen MR) is 68.6 cm³/mol. The number of aromatic hydroxyl groups is 1. The van der Waals surface area contributed by atoms with Gasteiger partial charge in [-0.1, -0.05) is 11.6 Å². The Balaban J connectivity index is 2.67. The summed E-state index contributed by atoms with van der Waals surface area (Å²) in [6, 6.07) is 4.54. The summed E-state index contributed by atoms with van der Waals surface area (Å²) in [5.41, 5.74) is 0.289. The number of hydrogen-bond donors (Lipinski definition) is 2. The first-order valence-corrected chi connectivity index (χ1v) is 5.72. The van der Waals surface area contributed by atoms with E-state index >= 15 is 0 Å². The lowest BCUT2D eigenvalue weighted by Gasteiger charge is -2.20. The summed E-state index contributed by atoms with van der Waals surface area (Å²) in [5, 5.41) is 12.4. The van der Waals surface area contributed by atoms with E-state index in [2.05, 4.69) is 5.32 Å². The molecule has 0 aliphatic heterocycles.